The highest BCUT2D eigenvalue weighted by Crippen LogP contribution is 2.29. The number of carbonyl (C=O) groups is 2. The predicted molar refractivity (Wildman–Crippen MR) is 116 cm³/mol. The summed E-state index contributed by atoms with van der Waals surface area (Å²) in [6.45, 7) is 3.61. The fraction of sp³-hybridized carbons (Fsp3) is 0.417. The number of rotatable bonds is 7. The monoisotopic (exact) mass is 446 g/mol. The highest BCUT2D eigenvalue weighted by Gasteiger charge is 2.31. The fourth-order valence-corrected chi connectivity index (χ4v) is 3.97. The van der Waals surface area contributed by atoms with Crippen molar-refractivity contribution in [3.63, 3.8) is 0 Å². The van der Waals surface area contributed by atoms with E-state index in [9.17, 15) is 18.4 Å². The van der Waals surface area contributed by atoms with Gasteiger partial charge in [-0.15, -0.1) is 0 Å². The first kappa shape index (κ1) is 23.5. The molecule has 0 unspecified atom stereocenters. The van der Waals surface area contributed by atoms with E-state index in [1.54, 1.807) is 19.1 Å². The Balaban J connectivity index is 1.61. The summed E-state index contributed by atoms with van der Waals surface area (Å²) >= 11 is 0. The molecule has 8 heteroatoms. The third-order valence-electron chi connectivity index (χ3n) is 5.81. The fourth-order valence-electron chi connectivity index (χ4n) is 3.97. The van der Waals surface area contributed by atoms with Crippen molar-refractivity contribution in [2.45, 2.75) is 26.3 Å². The van der Waals surface area contributed by atoms with Gasteiger partial charge in [-0.3, -0.25) is 9.59 Å². The third-order valence-corrected chi connectivity index (χ3v) is 5.81. The molecule has 3 rings (SSSR count). The van der Waals surface area contributed by atoms with Gasteiger partial charge in [0.15, 0.2) is 11.5 Å². The topological polar surface area (TPSA) is 59.1 Å². The lowest BCUT2D eigenvalue weighted by Gasteiger charge is -2.34. The zero-order valence-electron chi connectivity index (χ0n) is 18.6. The Bertz CT molecular complexity index is 974. The SMILES string of the molecule is CCN(Cc1ccc(OC)c(OC)c1)C(=O)C1CCN(C(=O)c2ccc(F)cc2F)CC1. The van der Waals surface area contributed by atoms with Gasteiger partial charge in [-0.25, -0.2) is 8.78 Å². The van der Waals surface area contributed by atoms with E-state index in [-0.39, 0.29) is 17.4 Å². The molecule has 172 valence electrons. The molecule has 0 atom stereocenters. The number of amides is 2. The molecule has 0 aliphatic carbocycles. The van der Waals surface area contributed by atoms with E-state index < -0.39 is 17.5 Å². The van der Waals surface area contributed by atoms with E-state index in [1.165, 1.54) is 4.90 Å². The van der Waals surface area contributed by atoms with Crippen molar-refractivity contribution in [2.24, 2.45) is 5.92 Å². The molecule has 2 aromatic carbocycles. The summed E-state index contributed by atoms with van der Waals surface area (Å²) in [5, 5.41) is 0. The quantitative estimate of drug-likeness (QED) is 0.648. The second-order valence-electron chi connectivity index (χ2n) is 7.73. The number of nitrogens with zero attached hydrogens (tertiary/aromatic N) is 2. The Morgan fingerprint density at radius 3 is 2.31 bits per heavy atom. The van der Waals surface area contributed by atoms with Crippen molar-refractivity contribution >= 4 is 11.8 Å². The van der Waals surface area contributed by atoms with E-state index in [0.29, 0.717) is 56.6 Å². The van der Waals surface area contributed by atoms with Crippen LogP contribution in [0.2, 0.25) is 0 Å². The maximum absolute atomic E-state index is 14.0. The van der Waals surface area contributed by atoms with Crippen LogP contribution in [0, 0.1) is 17.6 Å². The van der Waals surface area contributed by atoms with Gasteiger partial charge < -0.3 is 19.3 Å². The van der Waals surface area contributed by atoms with Crippen molar-refractivity contribution in [1.29, 1.82) is 0 Å². The smallest absolute Gasteiger partial charge is 0.256 e. The Morgan fingerprint density at radius 1 is 1.03 bits per heavy atom. The number of methoxy groups -OCH3 is 2. The number of halogens is 2. The molecule has 0 aromatic heterocycles. The molecule has 0 spiro atoms. The van der Waals surface area contributed by atoms with Gasteiger partial charge in [0.25, 0.3) is 5.91 Å². The average molecular weight is 446 g/mol. The van der Waals surface area contributed by atoms with Gasteiger partial charge in [0.05, 0.1) is 19.8 Å². The van der Waals surface area contributed by atoms with Crippen molar-refractivity contribution < 1.29 is 27.8 Å². The van der Waals surface area contributed by atoms with Gasteiger partial charge >= 0.3 is 0 Å². The average Bonchev–Trinajstić information content (AvgIpc) is 2.81. The zero-order chi connectivity index (χ0) is 23.3. The Hall–Kier alpha value is -3.16. The summed E-state index contributed by atoms with van der Waals surface area (Å²) in [7, 11) is 3.14. The van der Waals surface area contributed by atoms with Crippen LogP contribution in [0.4, 0.5) is 8.78 Å². The van der Waals surface area contributed by atoms with Crippen molar-refractivity contribution in [3.8, 4) is 11.5 Å². The molecule has 2 aromatic rings. The zero-order valence-corrected chi connectivity index (χ0v) is 18.6. The van der Waals surface area contributed by atoms with Gasteiger partial charge in [0.2, 0.25) is 5.91 Å². The van der Waals surface area contributed by atoms with Gasteiger partial charge in [0.1, 0.15) is 11.6 Å². The van der Waals surface area contributed by atoms with Crippen LogP contribution in [-0.4, -0.2) is 55.5 Å². The summed E-state index contributed by atoms with van der Waals surface area (Å²) in [6, 6.07) is 8.50. The molecule has 1 heterocycles. The molecule has 1 aliphatic rings. The lowest BCUT2D eigenvalue weighted by molar-refractivity contribution is -0.137. The molecule has 1 fully saturated rings. The van der Waals surface area contributed by atoms with Crippen molar-refractivity contribution in [3.05, 3.63) is 59.2 Å². The summed E-state index contributed by atoms with van der Waals surface area (Å²) in [5.41, 5.74) is 0.775. The molecular weight excluding hydrogens is 418 g/mol. The standard InChI is InChI=1S/C24H28F2N2O4/c1-4-27(15-16-5-8-21(31-2)22(13-16)32-3)23(29)17-9-11-28(12-10-17)24(30)19-7-6-18(25)14-20(19)26/h5-8,13-14,17H,4,9-12,15H2,1-3H3. The maximum Gasteiger partial charge on any atom is 0.256 e. The molecule has 0 saturated carbocycles. The van der Waals surface area contributed by atoms with E-state index in [0.717, 1.165) is 17.7 Å². The van der Waals surface area contributed by atoms with Crippen LogP contribution in [0.1, 0.15) is 35.7 Å². The first-order chi connectivity index (χ1) is 15.4. The highest BCUT2D eigenvalue weighted by molar-refractivity contribution is 5.94. The minimum Gasteiger partial charge on any atom is -0.493 e. The lowest BCUT2D eigenvalue weighted by Crippen LogP contribution is -2.44. The van der Waals surface area contributed by atoms with Crippen LogP contribution in [0.3, 0.4) is 0 Å². The van der Waals surface area contributed by atoms with Crippen LogP contribution in [0.5, 0.6) is 11.5 Å². The van der Waals surface area contributed by atoms with Crippen LogP contribution >= 0.6 is 0 Å². The number of piperidine rings is 1. The molecule has 1 aliphatic heterocycles. The summed E-state index contributed by atoms with van der Waals surface area (Å²) < 4.78 is 37.7. The molecule has 6 nitrogen and oxygen atoms in total. The molecule has 0 radical (unpaired) electrons. The molecular formula is C24H28F2N2O4. The first-order valence-corrected chi connectivity index (χ1v) is 10.6. The second-order valence-corrected chi connectivity index (χ2v) is 7.73. The van der Waals surface area contributed by atoms with E-state index in [4.69, 9.17) is 9.47 Å². The largest absolute Gasteiger partial charge is 0.493 e. The van der Waals surface area contributed by atoms with Crippen LogP contribution in [0.25, 0.3) is 0 Å². The number of benzene rings is 2. The van der Waals surface area contributed by atoms with Gasteiger partial charge in [-0.05, 0) is 49.6 Å². The Morgan fingerprint density at radius 2 is 1.72 bits per heavy atom. The first-order valence-electron chi connectivity index (χ1n) is 10.6. The number of ether oxygens (including phenoxy) is 2. The van der Waals surface area contributed by atoms with Gasteiger partial charge in [-0.2, -0.15) is 0 Å². The van der Waals surface area contributed by atoms with Crippen molar-refractivity contribution in [1.82, 2.24) is 9.80 Å². The predicted octanol–water partition coefficient (Wildman–Crippen LogP) is 3.88. The number of likely N-dealkylation sites (tertiary alicyclic amines) is 1. The second kappa shape index (κ2) is 10.4. The summed E-state index contributed by atoms with van der Waals surface area (Å²) in [6.07, 6.45) is 0.992. The lowest BCUT2D eigenvalue weighted by atomic mass is 9.94. The normalized spacial score (nSPS) is 14.2. The molecule has 32 heavy (non-hydrogen) atoms. The molecule has 0 bridgehead atoms. The van der Waals surface area contributed by atoms with Gasteiger partial charge in [-0.1, -0.05) is 6.07 Å². The minimum absolute atomic E-state index is 0.0300. The number of carbonyl (C=O) groups excluding carboxylic acids is 2. The van der Waals surface area contributed by atoms with Gasteiger partial charge in [0, 0.05) is 38.2 Å². The Kier molecular flexibility index (Phi) is 7.66. The maximum atomic E-state index is 14.0. The van der Waals surface area contributed by atoms with Crippen LogP contribution in [0.15, 0.2) is 36.4 Å². The number of hydrogen-bond acceptors (Lipinski definition) is 4. The third kappa shape index (κ3) is 5.18. The molecule has 1 saturated heterocycles. The van der Waals surface area contributed by atoms with E-state index >= 15 is 0 Å². The van der Waals surface area contributed by atoms with Crippen molar-refractivity contribution in [2.75, 3.05) is 33.9 Å². The molecule has 2 amide bonds. The van der Waals surface area contributed by atoms with E-state index in [1.807, 2.05) is 25.1 Å². The number of hydrogen-bond donors (Lipinski definition) is 0. The van der Waals surface area contributed by atoms with E-state index in [2.05, 4.69) is 0 Å². The Labute approximate surface area is 186 Å². The minimum atomic E-state index is -0.875. The highest BCUT2D eigenvalue weighted by atomic mass is 19.1. The molecule has 0 N–H and O–H groups in total. The summed E-state index contributed by atoms with van der Waals surface area (Å²) in [4.78, 5) is 29.0. The van der Waals surface area contributed by atoms with Crippen LogP contribution < -0.4 is 9.47 Å². The van der Waals surface area contributed by atoms with Crippen LogP contribution in [-0.2, 0) is 11.3 Å². The summed E-state index contributed by atoms with van der Waals surface area (Å²) in [5.74, 6) is -1.03.